The van der Waals surface area contributed by atoms with Crippen LogP contribution in [0, 0.1) is 0 Å². The summed E-state index contributed by atoms with van der Waals surface area (Å²) in [5.41, 5.74) is 1.28. The lowest BCUT2D eigenvalue weighted by atomic mass is 10.2. The standard InChI is InChI=1S/C16H17NOS/c1-2-18-14-5-6-16-13(12-14)7-9-17(16)10-8-15-4-3-11-19-15/h3-7,9,11-12H,2,8,10H2,1H3. The second-order valence-electron chi connectivity index (χ2n) is 4.49. The minimum atomic E-state index is 0.713. The summed E-state index contributed by atoms with van der Waals surface area (Å²) >= 11 is 1.83. The number of ether oxygens (including phenoxy) is 1. The van der Waals surface area contributed by atoms with Gasteiger partial charge in [-0.2, -0.15) is 0 Å². The first-order valence-corrected chi connectivity index (χ1v) is 7.49. The lowest BCUT2D eigenvalue weighted by molar-refractivity contribution is 0.340. The summed E-state index contributed by atoms with van der Waals surface area (Å²) in [6, 6.07) is 12.8. The SMILES string of the molecule is CCOc1ccc2c(ccn2CCc2cccs2)c1. The Bertz CT molecular complexity index is 655. The summed E-state index contributed by atoms with van der Waals surface area (Å²) < 4.78 is 7.84. The molecule has 1 aromatic carbocycles. The van der Waals surface area contributed by atoms with Crippen molar-refractivity contribution in [2.75, 3.05) is 6.61 Å². The number of fused-ring (bicyclic) bond motifs is 1. The number of rotatable bonds is 5. The molecule has 3 aromatic rings. The molecule has 0 aliphatic rings. The van der Waals surface area contributed by atoms with Gasteiger partial charge >= 0.3 is 0 Å². The molecule has 3 rings (SSSR count). The van der Waals surface area contributed by atoms with Crippen molar-refractivity contribution in [2.24, 2.45) is 0 Å². The molecule has 19 heavy (non-hydrogen) atoms. The van der Waals surface area contributed by atoms with Gasteiger partial charge in [-0.3, -0.25) is 0 Å². The smallest absolute Gasteiger partial charge is 0.120 e. The predicted octanol–water partition coefficient (Wildman–Crippen LogP) is 4.34. The van der Waals surface area contributed by atoms with Gasteiger partial charge in [0.05, 0.1) is 6.61 Å². The highest BCUT2D eigenvalue weighted by Crippen LogP contribution is 2.22. The lowest BCUT2D eigenvalue weighted by Gasteiger charge is -2.06. The molecule has 0 spiro atoms. The third-order valence-electron chi connectivity index (χ3n) is 3.23. The van der Waals surface area contributed by atoms with Gasteiger partial charge in [0.1, 0.15) is 5.75 Å². The molecule has 3 heteroatoms. The van der Waals surface area contributed by atoms with Crippen LogP contribution in [0.5, 0.6) is 5.75 Å². The van der Waals surface area contributed by atoms with Crippen LogP contribution in [0.25, 0.3) is 10.9 Å². The van der Waals surface area contributed by atoms with Crippen LogP contribution in [-0.2, 0) is 13.0 Å². The van der Waals surface area contributed by atoms with Crippen molar-refractivity contribution in [1.82, 2.24) is 4.57 Å². The van der Waals surface area contributed by atoms with Gasteiger partial charge in [-0.1, -0.05) is 6.07 Å². The van der Waals surface area contributed by atoms with Crippen molar-refractivity contribution in [3.8, 4) is 5.75 Å². The van der Waals surface area contributed by atoms with Gasteiger partial charge in [-0.25, -0.2) is 0 Å². The molecule has 0 aliphatic carbocycles. The molecule has 0 radical (unpaired) electrons. The maximum atomic E-state index is 5.53. The van der Waals surface area contributed by atoms with E-state index in [4.69, 9.17) is 4.74 Å². The van der Waals surface area contributed by atoms with Crippen LogP contribution in [0.1, 0.15) is 11.8 Å². The molecular formula is C16H17NOS. The van der Waals surface area contributed by atoms with Crippen molar-refractivity contribution in [3.05, 3.63) is 52.9 Å². The zero-order valence-corrected chi connectivity index (χ0v) is 11.8. The second-order valence-corrected chi connectivity index (χ2v) is 5.52. The Kier molecular flexibility index (Phi) is 3.56. The molecule has 2 aromatic heterocycles. The molecule has 0 aliphatic heterocycles. The van der Waals surface area contributed by atoms with E-state index in [-0.39, 0.29) is 0 Å². The number of aromatic nitrogens is 1. The van der Waals surface area contributed by atoms with Crippen molar-refractivity contribution < 1.29 is 4.74 Å². The highest BCUT2D eigenvalue weighted by Gasteiger charge is 2.03. The summed E-state index contributed by atoms with van der Waals surface area (Å²) in [7, 11) is 0. The monoisotopic (exact) mass is 271 g/mol. The Morgan fingerprint density at radius 3 is 2.95 bits per heavy atom. The largest absolute Gasteiger partial charge is 0.494 e. The molecule has 0 saturated heterocycles. The predicted molar refractivity (Wildman–Crippen MR) is 81.1 cm³/mol. The normalized spacial score (nSPS) is 11.0. The molecule has 2 heterocycles. The molecule has 0 N–H and O–H groups in total. The van der Waals surface area contributed by atoms with Crippen molar-refractivity contribution in [3.63, 3.8) is 0 Å². The number of benzene rings is 1. The molecule has 0 amide bonds. The topological polar surface area (TPSA) is 14.2 Å². The molecule has 0 fully saturated rings. The fourth-order valence-corrected chi connectivity index (χ4v) is 3.01. The van der Waals surface area contributed by atoms with Crippen molar-refractivity contribution in [1.29, 1.82) is 0 Å². The maximum absolute atomic E-state index is 5.53. The highest BCUT2D eigenvalue weighted by atomic mass is 32.1. The number of hydrogen-bond donors (Lipinski definition) is 0. The number of thiophene rings is 1. The molecule has 0 saturated carbocycles. The Morgan fingerprint density at radius 2 is 2.16 bits per heavy atom. The van der Waals surface area contributed by atoms with Gasteiger partial charge in [0.15, 0.2) is 0 Å². The number of nitrogens with zero attached hydrogens (tertiary/aromatic N) is 1. The van der Waals surface area contributed by atoms with E-state index >= 15 is 0 Å². The molecule has 0 bridgehead atoms. The zero-order valence-electron chi connectivity index (χ0n) is 11.0. The van der Waals surface area contributed by atoms with Crippen LogP contribution < -0.4 is 4.74 Å². The van der Waals surface area contributed by atoms with Gasteiger partial charge < -0.3 is 9.30 Å². The Hall–Kier alpha value is -1.74. The van der Waals surface area contributed by atoms with Crippen LogP contribution in [-0.4, -0.2) is 11.2 Å². The van der Waals surface area contributed by atoms with Crippen LogP contribution in [0.15, 0.2) is 48.0 Å². The Labute approximate surface area is 117 Å². The van der Waals surface area contributed by atoms with E-state index in [0.29, 0.717) is 6.61 Å². The molecule has 0 atom stereocenters. The quantitative estimate of drug-likeness (QED) is 0.673. The molecular weight excluding hydrogens is 254 g/mol. The van der Waals surface area contributed by atoms with Gasteiger partial charge in [0.2, 0.25) is 0 Å². The third-order valence-corrected chi connectivity index (χ3v) is 4.17. The highest BCUT2D eigenvalue weighted by molar-refractivity contribution is 7.09. The minimum absolute atomic E-state index is 0.713. The summed E-state index contributed by atoms with van der Waals surface area (Å²) in [4.78, 5) is 1.44. The van der Waals surface area contributed by atoms with E-state index < -0.39 is 0 Å². The van der Waals surface area contributed by atoms with E-state index in [0.717, 1.165) is 18.7 Å². The van der Waals surface area contributed by atoms with Gasteiger partial charge in [-0.15, -0.1) is 11.3 Å². The van der Waals surface area contributed by atoms with Gasteiger partial charge in [0, 0.05) is 28.5 Å². The van der Waals surface area contributed by atoms with E-state index in [9.17, 15) is 0 Å². The van der Waals surface area contributed by atoms with Crippen molar-refractivity contribution >= 4 is 22.2 Å². The summed E-state index contributed by atoms with van der Waals surface area (Å²) in [6.45, 7) is 3.75. The van der Waals surface area contributed by atoms with Crippen LogP contribution >= 0.6 is 11.3 Å². The first kappa shape index (κ1) is 12.3. The summed E-state index contributed by atoms with van der Waals surface area (Å²) in [5.74, 6) is 0.950. The summed E-state index contributed by atoms with van der Waals surface area (Å²) in [5, 5.41) is 3.38. The Balaban J connectivity index is 1.80. The summed E-state index contributed by atoms with van der Waals surface area (Å²) in [6.07, 6.45) is 3.25. The van der Waals surface area contributed by atoms with E-state index in [1.807, 2.05) is 24.3 Å². The third kappa shape index (κ3) is 2.66. The molecule has 2 nitrogen and oxygen atoms in total. The van der Waals surface area contributed by atoms with Crippen molar-refractivity contribution in [2.45, 2.75) is 19.9 Å². The number of aryl methyl sites for hydroxylation is 2. The fraction of sp³-hybridized carbons (Fsp3) is 0.250. The van der Waals surface area contributed by atoms with E-state index in [1.165, 1.54) is 15.8 Å². The number of hydrogen-bond acceptors (Lipinski definition) is 2. The average Bonchev–Trinajstić information content (AvgIpc) is 3.05. The molecule has 98 valence electrons. The first-order valence-electron chi connectivity index (χ1n) is 6.61. The van der Waals surface area contributed by atoms with Crippen LogP contribution in [0.2, 0.25) is 0 Å². The Morgan fingerprint density at radius 1 is 1.21 bits per heavy atom. The lowest BCUT2D eigenvalue weighted by Crippen LogP contribution is -1.98. The van der Waals surface area contributed by atoms with E-state index in [1.54, 1.807) is 0 Å². The van der Waals surface area contributed by atoms with Crippen LogP contribution in [0.3, 0.4) is 0 Å². The molecule has 0 unspecified atom stereocenters. The van der Waals surface area contributed by atoms with Gasteiger partial charge in [-0.05, 0) is 49.1 Å². The first-order chi connectivity index (χ1) is 9.36. The maximum Gasteiger partial charge on any atom is 0.120 e. The van der Waals surface area contributed by atoms with E-state index in [2.05, 4.69) is 46.5 Å². The second kappa shape index (κ2) is 5.49. The zero-order chi connectivity index (χ0) is 13.1. The van der Waals surface area contributed by atoms with Crippen LogP contribution in [0.4, 0.5) is 0 Å². The van der Waals surface area contributed by atoms with Gasteiger partial charge in [0.25, 0.3) is 0 Å². The minimum Gasteiger partial charge on any atom is -0.494 e. The fourth-order valence-electron chi connectivity index (χ4n) is 2.32. The average molecular weight is 271 g/mol.